The molecule has 0 saturated carbocycles. The fourth-order valence-electron chi connectivity index (χ4n) is 2.95. The van der Waals surface area contributed by atoms with Crippen molar-refractivity contribution < 1.29 is 26.7 Å². The number of rotatable bonds is 6. The second-order valence-corrected chi connectivity index (χ2v) is 9.01. The van der Waals surface area contributed by atoms with Gasteiger partial charge in [0.1, 0.15) is 5.82 Å². The molecular weight excluding hydrogens is 526 g/mol. The van der Waals surface area contributed by atoms with E-state index >= 15 is 0 Å². The van der Waals surface area contributed by atoms with E-state index in [-0.39, 0.29) is 11.6 Å². The first-order valence-corrected chi connectivity index (χ1v) is 12.4. The van der Waals surface area contributed by atoms with Gasteiger partial charge in [0.2, 0.25) is 10.0 Å². The number of sulfonamides is 1. The highest BCUT2D eigenvalue weighted by Crippen LogP contribution is 2.20. The first kappa shape index (κ1) is 28.1. The highest BCUT2D eigenvalue weighted by Gasteiger charge is 2.10. The first-order chi connectivity index (χ1) is 18.1. The van der Waals surface area contributed by atoms with Gasteiger partial charge in [-0.15, -0.1) is 5.10 Å². The topological polar surface area (TPSA) is 191 Å². The smallest absolute Gasteiger partial charge is 0.244 e. The van der Waals surface area contributed by atoms with Gasteiger partial charge < -0.3 is 25.2 Å². The van der Waals surface area contributed by atoms with Crippen molar-refractivity contribution in [3.8, 4) is 5.82 Å². The monoisotopic (exact) mass is 550 g/mol. The summed E-state index contributed by atoms with van der Waals surface area (Å²) in [7, 11) is -0.461. The van der Waals surface area contributed by atoms with Gasteiger partial charge in [0, 0.05) is 37.4 Å². The molecule has 38 heavy (non-hydrogen) atoms. The minimum absolute atomic E-state index is 0.325. The van der Waals surface area contributed by atoms with Crippen LogP contribution in [0, 0.1) is 11.6 Å². The number of hydrogen-bond acceptors (Lipinski definition) is 10. The van der Waals surface area contributed by atoms with Gasteiger partial charge in [-0.25, -0.2) is 36.7 Å². The Labute approximate surface area is 214 Å². The van der Waals surface area contributed by atoms with Crippen LogP contribution >= 0.6 is 0 Å². The van der Waals surface area contributed by atoms with Gasteiger partial charge in [-0.3, -0.25) is 0 Å². The number of hydrogen-bond donors (Lipinski definition) is 4. The van der Waals surface area contributed by atoms with Crippen LogP contribution in [0.4, 0.5) is 14.6 Å². The zero-order valence-electron chi connectivity index (χ0n) is 20.3. The number of pyridine rings is 2. The summed E-state index contributed by atoms with van der Waals surface area (Å²) < 4.78 is 58.0. The van der Waals surface area contributed by atoms with Gasteiger partial charge >= 0.3 is 0 Å². The van der Waals surface area contributed by atoms with E-state index in [1.165, 1.54) is 31.3 Å². The van der Waals surface area contributed by atoms with E-state index in [1.54, 1.807) is 36.9 Å². The molecule has 5 rings (SSSR count). The standard InChI is InChI=1S/C9H6FN5.C7H6FN3.C5H12N2O4S/c10-7-5-12-9(15-4-3-13-14-15)8-6(7)1-2-11-8;8-5-3-11-7(9)6-4(5)1-2-10-6;1-10-5(11-2)4-6-7-12(3,8)9/h1-5,11H;1-3,10H,(H2,9,11);4-5,7H,1-3H3/b;;6-4+. The van der Waals surface area contributed by atoms with E-state index in [2.05, 4.69) is 35.3 Å². The molecule has 5 N–H and O–H groups in total. The highest BCUT2D eigenvalue weighted by atomic mass is 32.2. The summed E-state index contributed by atoms with van der Waals surface area (Å²) >= 11 is 0. The van der Waals surface area contributed by atoms with Crippen LogP contribution in [0.5, 0.6) is 0 Å². The molecule has 17 heteroatoms. The van der Waals surface area contributed by atoms with E-state index < -0.39 is 16.3 Å². The van der Waals surface area contributed by atoms with Crippen LogP contribution in [0.15, 0.2) is 54.4 Å². The van der Waals surface area contributed by atoms with Crippen molar-refractivity contribution in [1.29, 1.82) is 0 Å². The molecule has 0 spiro atoms. The number of methoxy groups -OCH3 is 2. The Morgan fingerprint density at radius 1 is 1.08 bits per heavy atom. The second-order valence-electron chi connectivity index (χ2n) is 7.28. The Morgan fingerprint density at radius 3 is 2.24 bits per heavy atom. The summed E-state index contributed by atoms with van der Waals surface area (Å²) in [6, 6.07) is 3.29. The normalized spacial score (nSPS) is 11.4. The number of hydrazone groups is 1. The van der Waals surface area contributed by atoms with E-state index in [4.69, 9.17) is 15.2 Å². The number of aromatic amines is 2. The summed E-state index contributed by atoms with van der Waals surface area (Å²) in [5.74, 6) is 0.158. The van der Waals surface area contributed by atoms with Crippen molar-refractivity contribution in [2.45, 2.75) is 6.29 Å². The van der Waals surface area contributed by atoms with Crippen LogP contribution in [-0.2, 0) is 19.5 Å². The molecule has 14 nitrogen and oxygen atoms in total. The fraction of sp³-hybridized carbons (Fsp3) is 0.190. The summed E-state index contributed by atoms with van der Waals surface area (Å²) in [4.78, 5) is 15.3. The molecule has 0 aliphatic rings. The summed E-state index contributed by atoms with van der Waals surface area (Å²) in [5.41, 5.74) is 6.63. The number of fused-ring (bicyclic) bond motifs is 2. The third-order valence-corrected chi connectivity index (χ3v) is 5.06. The molecule has 0 radical (unpaired) electrons. The third-order valence-electron chi connectivity index (χ3n) is 4.62. The van der Waals surface area contributed by atoms with E-state index in [1.807, 2.05) is 4.83 Å². The molecule has 5 heterocycles. The molecule has 0 fully saturated rings. The lowest BCUT2D eigenvalue weighted by atomic mass is 10.3. The molecule has 5 aromatic heterocycles. The van der Waals surface area contributed by atoms with E-state index in [0.717, 1.165) is 12.5 Å². The molecule has 0 bridgehead atoms. The Hall–Kier alpha value is -4.48. The van der Waals surface area contributed by atoms with Crippen LogP contribution in [0.25, 0.3) is 27.6 Å². The zero-order valence-corrected chi connectivity index (χ0v) is 21.1. The predicted molar refractivity (Wildman–Crippen MR) is 136 cm³/mol. The molecule has 0 aliphatic carbocycles. The van der Waals surface area contributed by atoms with Crippen LogP contribution in [0.2, 0.25) is 0 Å². The number of halogens is 2. The van der Waals surface area contributed by atoms with Crippen LogP contribution in [-0.4, -0.2) is 76.3 Å². The van der Waals surface area contributed by atoms with Gasteiger partial charge in [-0.2, -0.15) is 5.10 Å². The Bertz CT molecular complexity index is 1560. The molecule has 0 amide bonds. The largest absolute Gasteiger partial charge is 0.382 e. The number of nitrogens with two attached hydrogens (primary N) is 1. The zero-order chi connectivity index (χ0) is 27.7. The van der Waals surface area contributed by atoms with Crippen LogP contribution in [0.3, 0.4) is 0 Å². The Morgan fingerprint density at radius 2 is 1.68 bits per heavy atom. The highest BCUT2D eigenvalue weighted by molar-refractivity contribution is 7.88. The third kappa shape index (κ3) is 7.28. The maximum atomic E-state index is 13.3. The number of aromatic nitrogens is 7. The van der Waals surface area contributed by atoms with Gasteiger partial charge in [0.05, 0.1) is 48.3 Å². The molecule has 202 valence electrons. The van der Waals surface area contributed by atoms with Gasteiger partial charge in [-0.05, 0) is 12.1 Å². The lowest BCUT2D eigenvalue weighted by molar-refractivity contribution is -0.0486. The van der Waals surface area contributed by atoms with Crippen LogP contribution in [0.1, 0.15) is 0 Å². The Balaban J connectivity index is 0.000000161. The number of nitrogens with zero attached hydrogens (tertiary/aromatic N) is 6. The number of anilines is 1. The lowest BCUT2D eigenvalue weighted by Crippen LogP contribution is -2.20. The maximum absolute atomic E-state index is 13.3. The lowest BCUT2D eigenvalue weighted by Gasteiger charge is -2.05. The van der Waals surface area contributed by atoms with Crippen molar-refractivity contribution in [1.82, 2.24) is 39.8 Å². The van der Waals surface area contributed by atoms with Crippen molar-refractivity contribution in [2.24, 2.45) is 5.10 Å². The number of H-pyrrole nitrogens is 2. The summed E-state index contributed by atoms with van der Waals surface area (Å²) in [5, 5.41) is 11.8. The fourth-order valence-corrected chi connectivity index (χ4v) is 3.20. The minimum atomic E-state index is -3.30. The number of nitrogen functional groups attached to an aromatic ring is 1. The molecule has 0 atom stereocenters. The summed E-state index contributed by atoms with van der Waals surface area (Å²) in [6.07, 6.45) is 10.3. The average molecular weight is 551 g/mol. The minimum Gasteiger partial charge on any atom is -0.382 e. The van der Waals surface area contributed by atoms with Gasteiger partial charge in [0.25, 0.3) is 0 Å². The van der Waals surface area contributed by atoms with Crippen molar-refractivity contribution in [3.63, 3.8) is 0 Å². The number of nitrogens with one attached hydrogen (secondary N) is 3. The van der Waals surface area contributed by atoms with Gasteiger partial charge in [-0.1, -0.05) is 5.21 Å². The molecular formula is C21H24F2N10O4S. The Kier molecular flexibility index (Phi) is 9.36. The van der Waals surface area contributed by atoms with E-state index in [0.29, 0.717) is 33.4 Å². The second kappa shape index (κ2) is 12.7. The molecule has 0 saturated heterocycles. The van der Waals surface area contributed by atoms with E-state index in [9.17, 15) is 17.2 Å². The molecule has 5 aromatic rings. The van der Waals surface area contributed by atoms with Crippen molar-refractivity contribution >= 4 is 43.9 Å². The molecule has 0 aromatic carbocycles. The maximum Gasteiger partial charge on any atom is 0.244 e. The first-order valence-electron chi connectivity index (χ1n) is 10.6. The van der Waals surface area contributed by atoms with Crippen molar-refractivity contribution in [3.05, 3.63) is 60.9 Å². The van der Waals surface area contributed by atoms with Gasteiger partial charge in [0.15, 0.2) is 23.7 Å². The number of ether oxygens (including phenoxy) is 2. The summed E-state index contributed by atoms with van der Waals surface area (Å²) in [6.45, 7) is 0. The predicted octanol–water partition coefficient (Wildman–Crippen LogP) is 1.71. The average Bonchev–Trinajstić information content (AvgIpc) is 3.67. The SMILES string of the molecule is COC(/C=N/NS(C)(=O)=O)OC.Fc1cnc(-n2ccnn2)c2[nH]ccc12.Nc1ncc(F)c2cc[nH]c12. The van der Waals surface area contributed by atoms with Crippen LogP contribution < -0.4 is 10.6 Å². The van der Waals surface area contributed by atoms with Crippen molar-refractivity contribution in [2.75, 3.05) is 26.2 Å². The molecule has 0 aliphatic heterocycles. The quantitative estimate of drug-likeness (QED) is 0.138. The molecule has 0 unspecified atom stereocenters.